The Hall–Kier alpha value is -1.45. The van der Waals surface area contributed by atoms with Crippen LogP contribution in [0.2, 0.25) is 0 Å². The van der Waals surface area contributed by atoms with Crippen LogP contribution in [0.25, 0.3) is 0 Å². The van der Waals surface area contributed by atoms with Crippen LogP contribution >= 0.6 is 0 Å². The van der Waals surface area contributed by atoms with E-state index in [-0.39, 0.29) is 18.9 Å². The Morgan fingerprint density at radius 3 is 2.29 bits per heavy atom. The maximum absolute atomic E-state index is 12.9. The van der Waals surface area contributed by atoms with Gasteiger partial charge in [-0.1, -0.05) is 0 Å². The van der Waals surface area contributed by atoms with Crippen molar-refractivity contribution in [2.24, 2.45) is 0 Å². The number of aldehydes is 1. The molecule has 1 aliphatic rings. The predicted molar refractivity (Wildman–Crippen MR) is 59.7 cm³/mol. The Morgan fingerprint density at radius 1 is 1.18 bits per heavy atom. The molecule has 1 aromatic carbocycles. The van der Waals surface area contributed by atoms with Crippen LogP contribution in [0.15, 0.2) is 24.3 Å². The van der Waals surface area contributed by atoms with Crippen LogP contribution in [0.5, 0.6) is 5.75 Å². The monoisotopic (exact) mass is 240 g/mol. The fourth-order valence-corrected chi connectivity index (χ4v) is 1.95. The lowest BCUT2D eigenvalue weighted by atomic mass is 9.94. The van der Waals surface area contributed by atoms with Gasteiger partial charge in [-0.3, -0.25) is 4.79 Å². The normalized spacial score (nSPS) is 19.9. The first kappa shape index (κ1) is 12.0. The largest absolute Gasteiger partial charge is 0.490 e. The number of rotatable bonds is 3. The molecule has 0 aromatic heterocycles. The fourth-order valence-electron chi connectivity index (χ4n) is 1.95. The first-order chi connectivity index (χ1) is 8.09. The third kappa shape index (κ3) is 3.25. The molecule has 1 aliphatic carbocycles. The highest BCUT2D eigenvalue weighted by Crippen LogP contribution is 2.34. The molecular weight excluding hydrogens is 226 g/mol. The maximum Gasteiger partial charge on any atom is 0.248 e. The average Bonchev–Trinajstić information content (AvgIpc) is 2.33. The van der Waals surface area contributed by atoms with Crippen LogP contribution in [0.3, 0.4) is 0 Å². The van der Waals surface area contributed by atoms with E-state index in [9.17, 15) is 13.6 Å². The maximum atomic E-state index is 12.9. The molecule has 0 unspecified atom stereocenters. The van der Waals surface area contributed by atoms with Crippen LogP contribution in [-0.4, -0.2) is 18.3 Å². The van der Waals surface area contributed by atoms with E-state index in [4.69, 9.17) is 4.74 Å². The predicted octanol–water partition coefficient (Wildman–Crippen LogP) is 3.46. The molecule has 2 rings (SSSR count). The Labute approximate surface area is 98.6 Å². The van der Waals surface area contributed by atoms with E-state index in [1.165, 1.54) is 0 Å². The van der Waals surface area contributed by atoms with Crippen molar-refractivity contribution in [1.29, 1.82) is 0 Å². The molecule has 0 radical (unpaired) electrons. The van der Waals surface area contributed by atoms with Gasteiger partial charge in [-0.05, 0) is 37.1 Å². The molecule has 0 amide bonds. The summed E-state index contributed by atoms with van der Waals surface area (Å²) in [5.74, 6) is -1.90. The van der Waals surface area contributed by atoms with Crippen LogP contribution in [-0.2, 0) is 0 Å². The van der Waals surface area contributed by atoms with Gasteiger partial charge in [0.15, 0.2) is 0 Å². The van der Waals surface area contributed by atoms with E-state index in [1.807, 2.05) is 0 Å². The number of hydrogen-bond donors (Lipinski definition) is 0. The molecule has 1 saturated carbocycles. The number of carbonyl (C=O) groups is 1. The van der Waals surface area contributed by atoms with Gasteiger partial charge in [0, 0.05) is 18.4 Å². The quantitative estimate of drug-likeness (QED) is 0.756. The summed E-state index contributed by atoms with van der Waals surface area (Å²) in [6.45, 7) is 0. The minimum absolute atomic E-state index is 0.107. The van der Waals surface area contributed by atoms with Gasteiger partial charge < -0.3 is 4.74 Å². The number of carbonyl (C=O) groups excluding carboxylic acids is 1. The molecule has 0 atom stereocenters. The summed E-state index contributed by atoms with van der Waals surface area (Å²) in [5, 5.41) is 0. The second kappa shape index (κ2) is 4.82. The molecule has 92 valence electrons. The minimum Gasteiger partial charge on any atom is -0.490 e. The van der Waals surface area contributed by atoms with Crippen LogP contribution < -0.4 is 4.74 Å². The van der Waals surface area contributed by atoms with Crippen molar-refractivity contribution in [2.45, 2.75) is 37.7 Å². The van der Waals surface area contributed by atoms with Gasteiger partial charge in [0.1, 0.15) is 12.0 Å². The van der Waals surface area contributed by atoms with E-state index in [1.54, 1.807) is 24.3 Å². The van der Waals surface area contributed by atoms with Crippen molar-refractivity contribution in [3.8, 4) is 5.75 Å². The van der Waals surface area contributed by atoms with Crippen molar-refractivity contribution in [1.82, 2.24) is 0 Å². The first-order valence-electron chi connectivity index (χ1n) is 5.69. The Morgan fingerprint density at radius 2 is 1.76 bits per heavy atom. The Kier molecular flexibility index (Phi) is 3.41. The number of ether oxygens (including phenoxy) is 1. The summed E-state index contributed by atoms with van der Waals surface area (Å²) >= 11 is 0. The number of benzene rings is 1. The van der Waals surface area contributed by atoms with Gasteiger partial charge in [-0.15, -0.1) is 0 Å². The van der Waals surface area contributed by atoms with Crippen molar-refractivity contribution in [3.05, 3.63) is 29.8 Å². The lowest BCUT2D eigenvalue weighted by molar-refractivity contribution is -0.0582. The van der Waals surface area contributed by atoms with Gasteiger partial charge in [-0.25, -0.2) is 8.78 Å². The van der Waals surface area contributed by atoms with Gasteiger partial charge in [0.05, 0.1) is 6.10 Å². The lowest BCUT2D eigenvalue weighted by Gasteiger charge is -2.28. The summed E-state index contributed by atoms with van der Waals surface area (Å²) in [5.41, 5.74) is 0.576. The third-order valence-corrected chi connectivity index (χ3v) is 2.98. The topological polar surface area (TPSA) is 26.3 Å². The molecular formula is C13H14F2O2. The standard InChI is InChI=1S/C13H14F2O2/c14-13(15)7-5-12(6-8-13)17-11-3-1-10(9-16)2-4-11/h1-4,9,12H,5-8H2. The smallest absolute Gasteiger partial charge is 0.248 e. The highest BCUT2D eigenvalue weighted by atomic mass is 19.3. The summed E-state index contributed by atoms with van der Waals surface area (Å²) in [4.78, 5) is 10.5. The fraction of sp³-hybridized carbons (Fsp3) is 0.462. The van der Waals surface area contributed by atoms with Gasteiger partial charge in [0.2, 0.25) is 5.92 Å². The highest BCUT2D eigenvalue weighted by Gasteiger charge is 2.35. The average molecular weight is 240 g/mol. The zero-order valence-corrected chi connectivity index (χ0v) is 9.36. The number of halogens is 2. The minimum atomic E-state index is -2.53. The van der Waals surface area contributed by atoms with Crippen LogP contribution in [0, 0.1) is 0 Å². The molecule has 0 spiro atoms. The van der Waals surface area contributed by atoms with Gasteiger partial charge in [0.25, 0.3) is 0 Å². The third-order valence-electron chi connectivity index (χ3n) is 2.98. The van der Waals surface area contributed by atoms with Crippen molar-refractivity contribution < 1.29 is 18.3 Å². The zero-order valence-electron chi connectivity index (χ0n) is 9.36. The molecule has 0 bridgehead atoms. The van der Waals surface area contributed by atoms with Crippen molar-refractivity contribution >= 4 is 6.29 Å². The van der Waals surface area contributed by atoms with Crippen LogP contribution in [0.1, 0.15) is 36.0 Å². The molecule has 0 N–H and O–H groups in total. The van der Waals surface area contributed by atoms with E-state index in [0.29, 0.717) is 24.2 Å². The van der Waals surface area contributed by atoms with E-state index >= 15 is 0 Å². The molecule has 2 nitrogen and oxygen atoms in total. The number of alkyl halides is 2. The summed E-state index contributed by atoms with van der Waals surface area (Å²) in [6.07, 6.45) is 1.15. The molecule has 0 aliphatic heterocycles. The van der Waals surface area contributed by atoms with Crippen molar-refractivity contribution in [3.63, 3.8) is 0 Å². The number of hydrogen-bond acceptors (Lipinski definition) is 2. The second-order valence-electron chi connectivity index (χ2n) is 4.36. The second-order valence-corrected chi connectivity index (χ2v) is 4.36. The summed E-state index contributed by atoms with van der Waals surface area (Å²) in [7, 11) is 0. The Balaban J connectivity index is 1.91. The van der Waals surface area contributed by atoms with Gasteiger partial charge in [-0.2, -0.15) is 0 Å². The lowest BCUT2D eigenvalue weighted by Crippen LogP contribution is -2.30. The zero-order chi connectivity index (χ0) is 12.3. The molecule has 17 heavy (non-hydrogen) atoms. The SMILES string of the molecule is O=Cc1ccc(OC2CCC(F)(F)CC2)cc1. The molecule has 1 fully saturated rings. The molecule has 0 heterocycles. The van der Waals surface area contributed by atoms with E-state index in [2.05, 4.69) is 0 Å². The van der Waals surface area contributed by atoms with Crippen molar-refractivity contribution in [2.75, 3.05) is 0 Å². The van der Waals surface area contributed by atoms with E-state index < -0.39 is 5.92 Å². The molecule has 4 heteroatoms. The first-order valence-corrected chi connectivity index (χ1v) is 5.69. The molecule has 0 saturated heterocycles. The van der Waals surface area contributed by atoms with Gasteiger partial charge >= 0.3 is 0 Å². The highest BCUT2D eigenvalue weighted by molar-refractivity contribution is 5.74. The van der Waals surface area contributed by atoms with E-state index in [0.717, 1.165) is 6.29 Å². The Bertz CT molecular complexity index is 377. The summed E-state index contributed by atoms with van der Waals surface area (Å²) in [6, 6.07) is 6.69. The summed E-state index contributed by atoms with van der Waals surface area (Å²) < 4.78 is 31.4. The molecule has 1 aromatic rings. The van der Waals surface area contributed by atoms with Crippen LogP contribution in [0.4, 0.5) is 8.78 Å².